The number of methoxy groups -OCH3 is 2. The number of aromatic amines is 2. The van der Waals surface area contributed by atoms with Crippen LogP contribution in [0.25, 0.3) is 0 Å². The zero-order valence-electron chi connectivity index (χ0n) is 15.2. The van der Waals surface area contributed by atoms with E-state index in [9.17, 15) is 0 Å². The Morgan fingerprint density at radius 2 is 1.08 bits per heavy atom. The quantitative estimate of drug-likeness (QED) is 0.840. The van der Waals surface area contributed by atoms with Crippen molar-refractivity contribution in [1.82, 2.24) is 0 Å². The van der Waals surface area contributed by atoms with Crippen molar-refractivity contribution in [3.63, 3.8) is 0 Å². The highest BCUT2D eigenvalue weighted by atomic mass is 16.5. The highest BCUT2D eigenvalue weighted by Gasteiger charge is 2.16. The summed E-state index contributed by atoms with van der Waals surface area (Å²) in [5.41, 5.74) is 5.64. The van der Waals surface area contributed by atoms with Crippen LogP contribution in [0.2, 0.25) is 0 Å². The van der Waals surface area contributed by atoms with Gasteiger partial charge in [-0.1, -0.05) is 0 Å². The van der Waals surface area contributed by atoms with Crippen LogP contribution in [-0.2, 0) is 31.2 Å². The van der Waals surface area contributed by atoms with Gasteiger partial charge in [0, 0.05) is 24.0 Å². The van der Waals surface area contributed by atoms with Gasteiger partial charge in [-0.2, -0.15) is 0 Å². The van der Waals surface area contributed by atoms with Gasteiger partial charge in [-0.3, -0.25) is 0 Å². The summed E-state index contributed by atoms with van der Waals surface area (Å²) < 4.78 is 10.3. The second-order valence-corrected chi connectivity index (χ2v) is 6.50. The summed E-state index contributed by atoms with van der Waals surface area (Å²) >= 11 is 0. The Bertz CT molecular complexity index is 629. The average Bonchev–Trinajstić information content (AvgIpc) is 2.67. The predicted octanol–water partition coefficient (Wildman–Crippen LogP) is 2.66. The molecule has 2 aromatic rings. The first kappa shape index (κ1) is 19.2. The Kier molecular flexibility index (Phi) is 7.19. The van der Waals surface area contributed by atoms with Crippen LogP contribution in [0, 0.1) is 0 Å². The summed E-state index contributed by atoms with van der Waals surface area (Å²) in [6.45, 7) is 0. The van der Waals surface area contributed by atoms with Gasteiger partial charge in [-0.25, -0.2) is 9.97 Å². The van der Waals surface area contributed by atoms with E-state index in [1.807, 2.05) is 12.4 Å². The third-order valence-electron chi connectivity index (χ3n) is 4.90. The van der Waals surface area contributed by atoms with E-state index in [4.69, 9.17) is 9.47 Å². The topological polar surface area (TPSA) is 75.2 Å². The van der Waals surface area contributed by atoms with E-state index in [2.05, 4.69) is 22.1 Å². The van der Waals surface area contributed by atoms with Gasteiger partial charge in [0.05, 0.1) is 14.2 Å². The summed E-state index contributed by atoms with van der Waals surface area (Å²) in [7, 11) is 3.41. The van der Waals surface area contributed by atoms with Crippen LogP contribution in [0.4, 0.5) is 0 Å². The Labute approximate surface area is 149 Å². The number of fused-ring (bicyclic) bond motifs is 2. The van der Waals surface area contributed by atoms with Gasteiger partial charge in [-0.15, -0.1) is 0 Å². The van der Waals surface area contributed by atoms with Crippen LogP contribution in [0.15, 0.2) is 24.5 Å². The van der Waals surface area contributed by atoms with Crippen LogP contribution in [0.3, 0.4) is 0 Å². The minimum absolute atomic E-state index is 0. The van der Waals surface area contributed by atoms with E-state index in [1.54, 1.807) is 14.2 Å². The van der Waals surface area contributed by atoms with E-state index in [1.165, 1.54) is 73.9 Å². The lowest BCUT2D eigenvalue weighted by Crippen LogP contribution is -2.17. The smallest absolute Gasteiger partial charge is 0.209 e. The molecule has 4 rings (SSSR count). The molecule has 136 valence electrons. The summed E-state index contributed by atoms with van der Waals surface area (Å²) in [4.78, 5) is 6.57. The first-order chi connectivity index (χ1) is 11.8. The highest BCUT2D eigenvalue weighted by Crippen LogP contribution is 2.21. The number of hydrogen-bond acceptors (Lipinski definition) is 2. The molecule has 2 aliphatic carbocycles. The zero-order valence-corrected chi connectivity index (χ0v) is 15.2. The summed E-state index contributed by atoms with van der Waals surface area (Å²) in [6.07, 6.45) is 13.9. The summed E-state index contributed by atoms with van der Waals surface area (Å²) in [5.74, 6) is 1.88. The molecule has 5 heteroatoms. The van der Waals surface area contributed by atoms with Gasteiger partial charge in [0.2, 0.25) is 12.4 Å². The fraction of sp³-hybridized carbons (Fsp3) is 0.500. The van der Waals surface area contributed by atoms with Gasteiger partial charge in [0.25, 0.3) is 0 Å². The maximum absolute atomic E-state index is 5.15. The molecule has 2 aliphatic rings. The van der Waals surface area contributed by atoms with Gasteiger partial charge >= 0.3 is 0 Å². The molecule has 0 radical (unpaired) electrons. The van der Waals surface area contributed by atoms with Gasteiger partial charge in [-0.05, 0) is 50.7 Å². The number of pyridine rings is 2. The monoisotopic (exact) mass is 344 g/mol. The number of nitrogens with one attached hydrogen (secondary N) is 2. The van der Waals surface area contributed by atoms with Crippen molar-refractivity contribution in [2.24, 2.45) is 0 Å². The minimum atomic E-state index is 0. The van der Waals surface area contributed by atoms with E-state index in [0.717, 1.165) is 11.5 Å². The van der Waals surface area contributed by atoms with E-state index >= 15 is 0 Å². The molecule has 2 N–H and O–H groups in total. The lowest BCUT2D eigenvalue weighted by Gasteiger charge is -2.10. The van der Waals surface area contributed by atoms with Crippen molar-refractivity contribution in [2.75, 3.05) is 14.2 Å². The average molecular weight is 344 g/mol. The number of hydrogen-bond donors (Lipinski definition) is 0. The van der Waals surface area contributed by atoms with E-state index in [-0.39, 0.29) is 5.48 Å². The molecule has 25 heavy (non-hydrogen) atoms. The molecule has 0 aliphatic heterocycles. The summed E-state index contributed by atoms with van der Waals surface area (Å²) in [6, 6.07) is 4.29. The highest BCUT2D eigenvalue weighted by molar-refractivity contribution is 5.27. The molecule has 0 atom stereocenters. The van der Waals surface area contributed by atoms with Crippen molar-refractivity contribution in [1.29, 1.82) is 0 Å². The molecule has 2 aromatic heterocycles. The molecule has 5 nitrogen and oxygen atoms in total. The number of aryl methyl sites for hydroxylation is 4. The minimum Gasteiger partial charge on any atom is -2.00 e. The molecule has 0 aromatic carbocycles. The number of rotatable bonds is 2. The van der Waals surface area contributed by atoms with Gasteiger partial charge in [0.1, 0.15) is 0 Å². The van der Waals surface area contributed by atoms with Crippen molar-refractivity contribution in [3.05, 3.63) is 47.0 Å². The third kappa shape index (κ3) is 4.92. The van der Waals surface area contributed by atoms with Crippen LogP contribution in [0.5, 0.6) is 11.5 Å². The first-order valence-electron chi connectivity index (χ1n) is 8.95. The van der Waals surface area contributed by atoms with Gasteiger partial charge in [0.15, 0.2) is 22.9 Å². The standard InChI is InChI=1S/2C10H13NO.O/c2*1-12-9-6-8-4-2-3-5-10(8)11-7-9;/h2*6-7H,2-5H2,1H3;/q;;-2/p+2. The Balaban J connectivity index is 0.000000173. The molecule has 0 bridgehead atoms. The number of H-pyrrole nitrogens is 2. The van der Waals surface area contributed by atoms with Gasteiger partial charge < -0.3 is 14.9 Å². The van der Waals surface area contributed by atoms with Crippen LogP contribution in [0.1, 0.15) is 48.2 Å². The lowest BCUT2D eigenvalue weighted by molar-refractivity contribution is -0.393. The molecule has 0 saturated heterocycles. The van der Waals surface area contributed by atoms with Crippen LogP contribution in [-0.4, -0.2) is 14.2 Å². The molecular formula is C20H28N2O3. The molecule has 0 spiro atoms. The second-order valence-electron chi connectivity index (χ2n) is 6.50. The Morgan fingerprint density at radius 3 is 1.48 bits per heavy atom. The molecular weight excluding hydrogens is 316 g/mol. The molecule has 0 amide bonds. The van der Waals surface area contributed by atoms with E-state index < -0.39 is 0 Å². The van der Waals surface area contributed by atoms with Crippen LogP contribution < -0.4 is 19.4 Å². The maximum atomic E-state index is 5.15. The Morgan fingerprint density at radius 1 is 0.680 bits per heavy atom. The third-order valence-corrected chi connectivity index (χ3v) is 4.90. The first-order valence-corrected chi connectivity index (χ1v) is 8.95. The fourth-order valence-electron chi connectivity index (χ4n) is 3.48. The number of ether oxygens (including phenoxy) is 2. The van der Waals surface area contributed by atoms with Crippen molar-refractivity contribution >= 4 is 0 Å². The molecule has 0 saturated carbocycles. The second kappa shape index (κ2) is 9.37. The maximum Gasteiger partial charge on any atom is 0.209 e. The van der Waals surface area contributed by atoms with Crippen molar-refractivity contribution < 1.29 is 24.9 Å². The zero-order chi connectivity index (χ0) is 16.8. The Hall–Kier alpha value is -2.14. The predicted molar refractivity (Wildman–Crippen MR) is 93.1 cm³/mol. The largest absolute Gasteiger partial charge is 2.00 e. The van der Waals surface area contributed by atoms with Crippen molar-refractivity contribution in [2.45, 2.75) is 51.4 Å². The molecule has 0 fully saturated rings. The van der Waals surface area contributed by atoms with E-state index in [0.29, 0.717) is 0 Å². The summed E-state index contributed by atoms with van der Waals surface area (Å²) in [5, 5.41) is 0. The molecule has 0 unspecified atom stereocenters. The lowest BCUT2D eigenvalue weighted by atomic mass is 9.96. The van der Waals surface area contributed by atoms with Crippen molar-refractivity contribution in [3.8, 4) is 11.5 Å². The molecule has 2 heterocycles. The normalized spacial score (nSPS) is 14.8. The van der Waals surface area contributed by atoms with Crippen LogP contribution >= 0.6 is 0 Å². The SMILES string of the molecule is COc1c[nH+]c2c(c1)CCCC2.COc1c[nH+]c2c(c1)CCCC2.[O-2]. The fourth-order valence-corrected chi connectivity index (χ4v) is 3.48. The number of aromatic nitrogens is 2.